The second kappa shape index (κ2) is 9.13. The standard InChI is InChI=1S/C24H22N6O2/c1-25-24(29-21-6-5-17(11-23(21)32)19-13-27-28-14-19)7-8-26-12-16-3-4-18-10-20(15-31)30(2)22(18)9-16/h3-15,32H,1-2H3,(H,25,29)(H,27,28)/b8-7-,26-12?. The number of rotatable bonds is 6. The molecular formula is C24H22N6O2. The normalized spacial score (nSPS) is 12.2. The van der Waals surface area contributed by atoms with E-state index < -0.39 is 0 Å². The summed E-state index contributed by atoms with van der Waals surface area (Å²) in [6, 6.07) is 13.1. The van der Waals surface area contributed by atoms with Crippen molar-refractivity contribution in [3.63, 3.8) is 0 Å². The topological polar surface area (TPSA) is 108 Å². The molecule has 0 saturated heterocycles. The zero-order valence-corrected chi connectivity index (χ0v) is 17.6. The van der Waals surface area contributed by atoms with Crippen molar-refractivity contribution in [2.75, 3.05) is 12.4 Å². The summed E-state index contributed by atoms with van der Waals surface area (Å²) in [5, 5.41) is 21.1. The summed E-state index contributed by atoms with van der Waals surface area (Å²) in [6.45, 7) is 0. The number of fused-ring (bicyclic) bond motifs is 1. The molecule has 160 valence electrons. The van der Waals surface area contributed by atoms with E-state index in [-0.39, 0.29) is 5.75 Å². The zero-order chi connectivity index (χ0) is 22.5. The number of anilines is 1. The molecule has 0 radical (unpaired) electrons. The van der Waals surface area contributed by atoms with Crippen LogP contribution in [0, 0.1) is 0 Å². The predicted octanol–water partition coefficient (Wildman–Crippen LogP) is 4.16. The number of phenolic OH excluding ortho intramolecular Hbond substituents is 1. The third-order valence-electron chi connectivity index (χ3n) is 5.10. The monoisotopic (exact) mass is 426 g/mol. The average molecular weight is 426 g/mol. The highest BCUT2D eigenvalue weighted by atomic mass is 16.3. The summed E-state index contributed by atoms with van der Waals surface area (Å²) in [5.41, 5.74) is 4.79. The molecule has 32 heavy (non-hydrogen) atoms. The largest absolute Gasteiger partial charge is 0.506 e. The number of aliphatic imine (C=N–C) groups is 2. The van der Waals surface area contributed by atoms with Crippen molar-refractivity contribution in [3.05, 3.63) is 78.4 Å². The molecule has 4 rings (SSSR count). The molecule has 2 aromatic carbocycles. The maximum absolute atomic E-state index is 11.1. The smallest absolute Gasteiger partial charge is 0.166 e. The van der Waals surface area contributed by atoms with Crippen molar-refractivity contribution in [3.8, 4) is 16.9 Å². The maximum Gasteiger partial charge on any atom is 0.166 e. The lowest BCUT2D eigenvalue weighted by Gasteiger charge is -2.09. The van der Waals surface area contributed by atoms with Crippen LogP contribution < -0.4 is 5.32 Å². The first-order valence-electron chi connectivity index (χ1n) is 9.89. The predicted molar refractivity (Wildman–Crippen MR) is 128 cm³/mol. The Balaban J connectivity index is 1.44. The van der Waals surface area contributed by atoms with Crippen LogP contribution in [0.5, 0.6) is 5.75 Å². The minimum Gasteiger partial charge on any atom is -0.506 e. The number of aryl methyl sites for hydroxylation is 1. The third kappa shape index (κ3) is 4.34. The summed E-state index contributed by atoms with van der Waals surface area (Å²) in [7, 11) is 3.51. The van der Waals surface area contributed by atoms with Gasteiger partial charge in [0.15, 0.2) is 6.29 Å². The van der Waals surface area contributed by atoms with Gasteiger partial charge in [0.2, 0.25) is 0 Å². The van der Waals surface area contributed by atoms with Crippen molar-refractivity contribution < 1.29 is 9.90 Å². The summed E-state index contributed by atoms with van der Waals surface area (Å²) < 4.78 is 1.85. The number of H-pyrrole nitrogens is 1. The van der Waals surface area contributed by atoms with Crippen LogP contribution >= 0.6 is 0 Å². The highest BCUT2D eigenvalue weighted by Crippen LogP contribution is 2.29. The van der Waals surface area contributed by atoms with E-state index >= 15 is 0 Å². The van der Waals surface area contributed by atoms with E-state index in [4.69, 9.17) is 0 Å². The summed E-state index contributed by atoms with van der Waals surface area (Å²) in [4.78, 5) is 19.6. The number of aromatic nitrogens is 3. The SMILES string of the molecule is CN=C(/C=C\N=Cc1ccc2cc(C=O)n(C)c2c1)Nc1ccc(-c2cn[nH]c2)cc1O. The lowest BCUT2D eigenvalue weighted by molar-refractivity contribution is 0.111. The first-order valence-corrected chi connectivity index (χ1v) is 9.89. The number of benzene rings is 2. The third-order valence-corrected chi connectivity index (χ3v) is 5.10. The molecule has 8 nitrogen and oxygen atoms in total. The number of amidine groups is 1. The van der Waals surface area contributed by atoms with Crippen LogP contribution in [0.15, 0.2) is 77.1 Å². The highest BCUT2D eigenvalue weighted by Gasteiger charge is 2.07. The number of aromatic amines is 1. The van der Waals surface area contributed by atoms with E-state index in [0.29, 0.717) is 17.2 Å². The van der Waals surface area contributed by atoms with Crippen LogP contribution in [0.3, 0.4) is 0 Å². The number of aldehydes is 1. The fraction of sp³-hybridized carbons (Fsp3) is 0.0833. The van der Waals surface area contributed by atoms with Gasteiger partial charge in [-0.2, -0.15) is 5.10 Å². The Kier molecular flexibility index (Phi) is 5.94. The fourth-order valence-electron chi connectivity index (χ4n) is 3.34. The summed E-state index contributed by atoms with van der Waals surface area (Å²) in [6.07, 6.45) is 9.37. The molecule has 8 heteroatoms. The molecule has 4 aromatic rings. The zero-order valence-electron chi connectivity index (χ0n) is 17.6. The first kappa shape index (κ1) is 20.8. The van der Waals surface area contributed by atoms with Gasteiger partial charge in [-0.15, -0.1) is 0 Å². The number of hydrogen-bond acceptors (Lipinski definition) is 5. The molecule has 0 aliphatic carbocycles. The number of hydrogen-bond donors (Lipinski definition) is 3. The van der Waals surface area contributed by atoms with Gasteiger partial charge >= 0.3 is 0 Å². The van der Waals surface area contributed by atoms with Crippen molar-refractivity contribution in [2.24, 2.45) is 17.0 Å². The van der Waals surface area contributed by atoms with Crippen LogP contribution in [0.1, 0.15) is 16.1 Å². The van der Waals surface area contributed by atoms with Gasteiger partial charge in [0.05, 0.1) is 17.6 Å². The molecule has 3 N–H and O–H groups in total. The lowest BCUT2D eigenvalue weighted by Crippen LogP contribution is -2.08. The minimum atomic E-state index is 0.104. The van der Waals surface area contributed by atoms with Crippen LogP contribution in [0.25, 0.3) is 22.0 Å². The van der Waals surface area contributed by atoms with Crippen molar-refractivity contribution in [1.29, 1.82) is 0 Å². The van der Waals surface area contributed by atoms with Crippen LogP contribution in [-0.4, -0.2) is 45.3 Å². The number of nitrogens with zero attached hydrogens (tertiary/aromatic N) is 4. The van der Waals surface area contributed by atoms with Gasteiger partial charge in [0, 0.05) is 49.2 Å². The number of carbonyl (C=O) groups is 1. The van der Waals surface area contributed by atoms with Gasteiger partial charge in [-0.25, -0.2) is 0 Å². The first-order chi connectivity index (χ1) is 15.6. The second-order valence-electron chi connectivity index (χ2n) is 7.11. The van der Waals surface area contributed by atoms with Crippen LogP contribution in [0.2, 0.25) is 0 Å². The van der Waals surface area contributed by atoms with Crippen molar-refractivity contribution in [1.82, 2.24) is 14.8 Å². The van der Waals surface area contributed by atoms with Gasteiger partial charge in [0.1, 0.15) is 11.6 Å². The molecule has 0 fully saturated rings. The molecule has 0 aliphatic rings. The number of carbonyl (C=O) groups excluding carboxylic acids is 1. The van der Waals surface area contributed by atoms with Gasteiger partial charge in [-0.3, -0.25) is 19.9 Å². The Morgan fingerprint density at radius 2 is 2.06 bits per heavy atom. The Morgan fingerprint density at radius 1 is 1.19 bits per heavy atom. The second-order valence-corrected chi connectivity index (χ2v) is 7.11. The van der Waals surface area contributed by atoms with Gasteiger partial charge in [0.25, 0.3) is 0 Å². The molecule has 0 spiro atoms. The molecule has 0 amide bonds. The molecule has 0 atom stereocenters. The summed E-state index contributed by atoms with van der Waals surface area (Å²) >= 11 is 0. The summed E-state index contributed by atoms with van der Waals surface area (Å²) in [5.74, 6) is 0.648. The van der Waals surface area contributed by atoms with E-state index in [0.717, 1.165) is 33.9 Å². The molecule has 2 heterocycles. The van der Waals surface area contributed by atoms with Crippen LogP contribution in [-0.2, 0) is 7.05 Å². The quantitative estimate of drug-likeness (QED) is 0.186. The van der Waals surface area contributed by atoms with Crippen molar-refractivity contribution in [2.45, 2.75) is 0 Å². The lowest BCUT2D eigenvalue weighted by atomic mass is 10.1. The molecule has 0 unspecified atom stereocenters. The molecular weight excluding hydrogens is 404 g/mol. The molecule has 0 bridgehead atoms. The van der Waals surface area contributed by atoms with E-state index in [1.807, 2.05) is 41.9 Å². The molecule has 0 aliphatic heterocycles. The maximum atomic E-state index is 11.1. The highest BCUT2D eigenvalue weighted by molar-refractivity contribution is 6.04. The van der Waals surface area contributed by atoms with E-state index in [1.165, 1.54) is 0 Å². The minimum absolute atomic E-state index is 0.104. The van der Waals surface area contributed by atoms with Crippen LogP contribution in [0.4, 0.5) is 5.69 Å². The van der Waals surface area contributed by atoms with E-state index in [1.54, 1.807) is 50.1 Å². The Hall–Kier alpha value is -4.46. The average Bonchev–Trinajstić information content (AvgIpc) is 3.45. The number of nitrogens with one attached hydrogen (secondary N) is 2. The van der Waals surface area contributed by atoms with Crippen molar-refractivity contribution >= 4 is 34.9 Å². The van der Waals surface area contributed by atoms with Gasteiger partial charge in [-0.1, -0.05) is 18.2 Å². The molecule has 0 saturated carbocycles. The van der Waals surface area contributed by atoms with E-state index in [2.05, 4.69) is 25.5 Å². The van der Waals surface area contributed by atoms with Gasteiger partial charge in [-0.05, 0) is 41.5 Å². The number of phenols is 1. The Morgan fingerprint density at radius 3 is 2.78 bits per heavy atom. The number of aromatic hydroxyl groups is 1. The van der Waals surface area contributed by atoms with E-state index in [9.17, 15) is 9.90 Å². The Bertz CT molecular complexity index is 1350. The molecule has 2 aromatic heterocycles. The van der Waals surface area contributed by atoms with Gasteiger partial charge < -0.3 is 15.0 Å². The Labute approximate surface area is 184 Å². The fourth-order valence-corrected chi connectivity index (χ4v) is 3.34.